The lowest BCUT2D eigenvalue weighted by Gasteiger charge is -2.10. The van der Waals surface area contributed by atoms with E-state index in [9.17, 15) is 0 Å². The Morgan fingerprint density at radius 3 is 1.73 bits per heavy atom. The van der Waals surface area contributed by atoms with Crippen LogP contribution in [-0.4, -0.2) is 18.8 Å². The molecule has 1 aromatic heterocycles. The maximum absolute atomic E-state index is 5.53. The van der Waals surface area contributed by atoms with Crippen LogP contribution < -0.4 is 9.47 Å². The van der Waals surface area contributed by atoms with Gasteiger partial charge < -0.3 is 14.0 Å². The molecular weight excluding hydrogens is 458 g/mol. The summed E-state index contributed by atoms with van der Waals surface area (Å²) in [5.41, 5.74) is 3.50. The standard InChI is InChI=1S/C21H17Br2NO2/c1-25-20-10-18-14(8-16(20)22)15-9-17(23)21(26-2)11-19(15)24(18)12-13-6-4-3-5-7-13/h3-11H,12H2,1-2H3. The number of benzene rings is 3. The number of halogens is 2. The number of fused-ring (bicyclic) bond motifs is 3. The summed E-state index contributed by atoms with van der Waals surface area (Å²) in [5.74, 6) is 1.64. The van der Waals surface area contributed by atoms with Crippen molar-refractivity contribution in [2.24, 2.45) is 0 Å². The van der Waals surface area contributed by atoms with Gasteiger partial charge in [0.2, 0.25) is 0 Å². The third-order valence-corrected chi connectivity index (χ3v) is 5.83. The number of nitrogens with zero attached hydrogens (tertiary/aromatic N) is 1. The first-order chi connectivity index (χ1) is 12.6. The molecule has 3 aromatic carbocycles. The lowest BCUT2D eigenvalue weighted by Crippen LogP contribution is -2.00. The van der Waals surface area contributed by atoms with E-state index < -0.39 is 0 Å². The Balaban J connectivity index is 2.07. The molecule has 0 saturated carbocycles. The van der Waals surface area contributed by atoms with Gasteiger partial charge in [0, 0.05) is 29.4 Å². The highest BCUT2D eigenvalue weighted by Gasteiger charge is 2.16. The van der Waals surface area contributed by atoms with E-state index in [1.54, 1.807) is 14.2 Å². The van der Waals surface area contributed by atoms with Gasteiger partial charge in [0.15, 0.2) is 0 Å². The van der Waals surface area contributed by atoms with Crippen molar-refractivity contribution in [3.63, 3.8) is 0 Å². The lowest BCUT2D eigenvalue weighted by molar-refractivity contribution is 0.412. The van der Waals surface area contributed by atoms with Crippen molar-refractivity contribution < 1.29 is 9.47 Å². The van der Waals surface area contributed by atoms with Crippen LogP contribution in [0.25, 0.3) is 21.8 Å². The van der Waals surface area contributed by atoms with E-state index in [2.05, 4.69) is 85.0 Å². The summed E-state index contributed by atoms with van der Waals surface area (Å²) in [7, 11) is 3.38. The zero-order chi connectivity index (χ0) is 18.3. The summed E-state index contributed by atoms with van der Waals surface area (Å²) in [6.07, 6.45) is 0. The minimum Gasteiger partial charge on any atom is -0.495 e. The molecular formula is C21H17Br2NO2. The summed E-state index contributed by atoms with van der Waals surface area (Å²) in [6, 6.07) is 18.9. The molecule has 4 rings (SSSR count). The van der Waals surface area contributed by atoms with Crippen LogP contribution in [0.5, 0.6) is 11.5 Å². The summed E-state index contributed by atoms with van der Waals surface area (Å²) in [4.78, 5) is 0. The molecule has 0 amide bonds. The van der Waals surface area contributed by atoms with Crippen LogP contribution in [0.3, 0.4) is 0 Å². The molecule has 132 valence electrons. The van der Waals surface area contributed by atoms with Crippen LogP contribution in [0.4, 0.5) is 0 Å². The second kappa shape index (κ2) is 6.97. The number of hydrogen-bond acceptors (Lipinski definition) is 2. The largest absolute Gasteiger partial charge is 0.495 e. The monoisotopic (exact) mass is 473 g/mol. The highest BCUT2D eigenvalue weighted by molar-refractivity contribution is 9.11. The van der Waals surface area contributed by atoms with Crippen molar-refractivity contribution in [1.29, 1.82) is 0 Å². The van der Waals surface area contributed by atoms with Crippen LogP contribution in [0.2, 0.25) is 0 Å². The van der Waals surface area contributed by atoms with Crippen LogP contribution in [0.15, 0.2) is 63.5 Å². The van der Waals surface area contributed by atoms with Gasteiger partial charge >= 0.3 is 0 Å². The Labute approximate surface area is 168 Å². The van der Waals surface area contributed by atoms with Gasteiger partial charge in [-0.05, 0) is 49.6 Å². The molecule has 0 fully saturated rings. The third kappa shape index (κ3) is 2.89. The molecule has 0 aliphatic carbocycles. The molecule has 1 heterocycles. The number of hydrogen-bond donors (Lipinski definition) is 0. The number of methoxy groups -OCH3 is 2. The summed E-state index contributed by atoms with van der Waals surface area (Å²) >= 11 is 7.23. The molecule has 4 aromatic rings. The zero-order valence-corrected chi connectivity index (χ0v) is 17.6. The molecule has 0 saturated heterocycles. The first kappa shape index (κ1) is 17.4. The van der Waals surface area contributed by atoms with Crippen molar-refractivity contribution >= 4 is 53.7 Å². The van der Waals surface area contributed by atoms with Crippen LogP contribution in [0.1, 0.15) is 5.56 Å². The van der Waals surface area contributed by atoms with Crippen LogP contribution in [0, 0.1) is 0 Å². The van der Waals surface area contributed by atoms with Gasteiger partial charge in [-0.25, -0.2) is 0 Å². The topological polar surface area (TPSA) is 23.4 Å². The minimum atomic E-state index is 0.774. The molecule has 0 bridgehead atoms. The second-order valence-corrected chi connectivity index (χ2v) is 7.79. The van der Waals surface area contributed by atoms with Gasteiger partial charge in [-0.3, -0.25) is 0 Å². The van der Waals surface area contributed by atoms with Crippen LogP contribution in [-0.2, 0) is 6.54 Å². The summed E-state index contributed by atoms with van der Waals surface area (Å²) < 4.78 is 15.3. The Kier molecular flexibility index (Phi) is 4.67. The van der Waals surface area contributed by atoms with Gasteiger partial charge in [0.1, 0.15) is 11.5 Å². The first-order valence-electron chi connectivity index (χ1n) is 8.19. The fraction of sp³-hybridized carbons (Fsp3) is 0.143. The molecule has 0 spiro atoms. The van der Waals surface area contributed by atoms with E-state index in [1.807, 2.05) is 6.07 Å². The number of rotatable bonds is 4. The summed E-state index contributed by atoms with van der Waals surface area (Å²) in [6.45, 7) is 0.774. The molecule has 3 nitrogen and oxygen atoms in total. The van der Waals surface area contributed by atoms with E-state index in [0.29, 0.717) is 0 Å². The average molecular weight is 475 g/mol. The maximum atomic E-state index is 5.53. The maximum Gasteiger partial charge on any atom is 0.135 e. The fourth-order valence-corrected chi connectivity index (χ4v) is 4.35. The Morgan fingerprint density at radius 1 is 0.769 bits per heavy atom. The molecule has 0 atom stereocenters. The highest BCUT2D eigenvalue weighted by atomic mass is 79.9. The van der Waals surface area contributed by atoms with Crippen molar-refractivity contribution in [3.05, 3.63) is 69.1 Å². The first-order valence-corrected chi connectivity index (χ1v) is 9.78. The van der Waals surface area contributed by atoms with Gasteiger partial charge in [-0.1, -0.05) is 30.3 Å². The van der Waals surface area contributed by atoms with Crippen molar-refractivity contribution in [2.45, 2.75) is 6.54 Å². The molecule has 5 heteroatoms. The van der Waals surface area contributed by atoms with Crippen molar-refractivity contribution in [2.75, 3.05) is 14.2 Å². The summed E-state index contributed by atoms with van der Waals surface area (Å²) in [5, 5.41) is 2.35. The highest BCUT2D eigenvalue weighted by Crippen LogP contribution is 2.40. The number of ether oxygens (including phenoxy) is 2. The Bertz CT molecular complexity index is 1040. The van der Waals surface area contributed by atoms with E-state index in [-0.39, 0.29) is 0 Å². The predicted molar refractivity (Wildman–Crippen MR) is 113 cm³/mol. The average Bonchev–Trinajstić information content (AvgIpc) is 2.93. The third-order valence-electron chi connectivity index (χ3n) is 4.60. The van der Waals surface area contributed by atoms with Gasteiger partial charge in [0.05, 0.1) is 34.2 Å². The van der Waals surface area contributed by atoms with Gasteiger partial charge in [-0.2, -0.15) is 0 Å². The Morgan fingerprint density at radius 2 is 1.27 bits per heavy atom. The van der Waals surface area contributed by atoms with E-state index in [1.165, 1.54) is 16.3 Å². The molecule has 0 aliphatic heterocycles. The lowest BCUT2D eigenvalue weighted by atomic mass is 10.1. The minimum absolute atomic E-state index is 0.774. The second-order valence-electron chi connectivity index (χ2n) is 6.08. The zero-order valence-electron chi connectivity index (χ0n) is 14.4. The quantitative estimate of drug-likeness (QED) is 0.342. The predicted octanol–water partition coefficient (Wildman–Crippen LogP) is 6.39. The SMILES string of the molecule is COc1cc2c(cc1Br)c1cc(Br)c(OC)cc1n2Cc1ccccc1. The number of aromatic nitrogens is 1. The van der Waals surface area contributed by atoms with Gasteiger partial charge in [0.25, 0.3) is 0 Å². The molecule has 0 N–H and O–H groups in total. The fourth-order valence-electron chi connectivity index (χ4n) is 3.34. The van der Waals surface area contributed by atoms with E-state index in [4.69, 9.17) is 9.47 Å². The molecule has 0 aliphatic rings. The smallest absolute Gasteiger partial charge is 0.135 e. The van der Waals surface area contributed by atoms with Crippen molar-refractivity contribution in [3.8, 4) is 11.5 Å². The Hall–Kier alpha value is -1.98. The van der Waals surface area contributed by atoms with Crippen LogP contribution >= 0.6 is 31.9 Å². The van der Waals surface area contributed by atoms with E-state index >= 15 is 0 Å². The molecule has 0 radical (unpaired) electrons. The molecule has 26 heavy (non-hydrogen) atoms. The molecule has 0 unspecified atom stereocenters. The normalized spacial score (nSPS) is 11.2. The van der Waals surface area contributed by atoms with Gasteiger partial charge in [-0.15, -0.1) is 0 Å². The van der Waals surface area contributed by atoms with E-state index in [0.717, 1.165) is 38.0 Å². The van der Waals surface area contributed by atoms with Crippen molar-refractivity contribution in [1.82, 2.24) is 4.57 Å².